The Labute approximate surface area is 74.2 Å². The van der Waals surface area contributed by atoms with Crippen LogP contribution in [-0.4, -0.2) is 13.0 Å². The summed E-state index contributed by atoms with van der Waals surface area (Å²) in [4.78, 5) is 0.0804. The van der Waals surface area contributed by atoms with Gasteiger partial charge in [-0.3, -0.25) is 4.55 Å². The van der Waals surface area contributed by atoms with Gasteiger partial charge in [0.2, 0.25) is 0 Å². The maximum atomic E-state index is 10.7. The first-order valence-electron chi connectivity index (χ1n) is 3.95. The second-order valence-electron chi connectivity index (χ2n) is 3.02. The highest BCUT2D eigenvalue weighted by atomic mass is 32.2. The van der Waals surface area contributed by atoms with Crippen molar-refractivity contribution in [3.63, 3.8) is 0 Å². The first-order valence-corrected chi connectivity index (χ1v) is 5.39. The molecule has 1 N–H and O–H groups in total. The lowest BCUT2D eigenvalue weighted by Crippen LogP contribution is -2.05. The predicted octanol–water partition coefficient (Wildman–Crippen LogP) is 2.21. The summed E-state index contributed by atoms with van der Waals surface area (Å²) < 4.78 is 30.1. The Hall–Kier alpha value is -0.350. The zero-order valence-corrected chi connectivity index (χ0v) is 8.77. The van der Waals surface area contributed by atoms with Gasteiger partial charge in [0, 0.05) is 0 Å². The average molecular weight is 192 g/mol. The number of hydrogen-bond donors (Lipinski definition) is 1. The lowest BCUT2D eigenvalue weighted by molar-refractivity contribution is 0.489. The average Bonchev–Trinajstić information content (AvgIpc) is 1.98. The summed E-state index contributed by atoms with van der Waals surface area (Å²) in [6.07, 6.45) is 0.874. The minimum atomic E-state index is -3.98. The van der Waals surface area contributed by atoms with E-state index in [2.05, 4.69) is 0 Å². The Morgan fingerprint density at radius 1 is 1.42 bits per heavy atom. The Bertz CT molecular complexity index is 275. The fraction of sp³-hybridized carbons (Fsp3) is 0.750. The van der Waals surface area contributed by atoms with Crippen LogP contribution in [-0.2, 0) is 10.1 Å². The molecule has 0 spiro atoms. The van der Waals surface area contributed by atoms with Crippen molar-refractivity contribution in [2.24, 2.45) is 5.92 Å². The number of hydrogen-bond acceptors (Lipinski definition) is 2. The van der Waals surface area contributed by atoms with E-state index in [1.807, 2.05) is 13.8 Å². The molecule has 4 heteroatoms. The summed E-state index contributed by atoms with van der Waals surface area (Å²) in [5.74, 6) is 0.201. The van der Waals surface area contributed by atoms with Gasteiger partial charge in [-0.1, -0.05) is 19.4 Å². The fourth-order valence-corrected chi connectivity index (χ4v) is 1.46. The summed E-state index contributed by atoms with van der Waals surface area (Å²) in [7, 11) is -3.98. The third kappa shape index (κ3) is 2.95. The number of rotatable bonds is 3. The maximum Gasteiger partial charge on any atom is 0.290 e. The molecule has 3 nitrogen and oxygen atoms in total. The normalized spacial score (nSPS) is 17.1. The van der Waals surface area contributed by atoms with Gasteiger partial charge >= 0.3 is 0 Å². The van der Waals surface area contributed by atoms with E-state index in [-0.39, 0.29) is 10.8 Å². The van der Waals surface area contributed by atoms with Crippen LogP contribution >= 0.6 is 0 Å². The van der Waals surface area contributed by atoms with Crippen LogP contribution in [0.3, 0.4) is 0 Å². The van der Waals surface area contributed by atoms with E-state index in [1.165, 1.54) is 6.92 Å². The second kappa shape index (κ2) is 4.05. The lowest BCUT2D eigenvalue weighted by atomic mass is 10.0. The molecule has 1 atom stereocenters. The van der Waals surface area contributed by atoms with Crippen LogP contribution in [0.5, 0.6) is 0 Å². The highest BCUT2D eigenvalue weighted by Gasteiger charge is 2.14. The molecule has 0 aliphatic carbocycles. The van der Waals surface area contributed by atoms with E-state index < -0.39 is 10.1 Å². The van der Waals surface area contributed by atoms with Crippen molar-refractivity contribution in [3.8, 4) is 0 Å². The van der Waals surface area contributed by atoms with Crippen molar-refractivity contribution in [1.82, 2.24) is 0 Å². The first kappa shape index (κ1) is 11.6. The molecule has 0 aliphatic heterocycles. The molecule has 0 aromatic heterocycles. The molecule has 0 aromatic carbocycles. The van der Waals surface area contributed by atoms with Gasteiger partial charge < -0.3 is 0 Å². The van der Waals surface area contributed by atoms with Gasteiger partial charge in [0.1, 0.15) is 0 Å². The van der Waals surface area contributed by atoms with Crippen molar-refractivity contribution < 1.29 is 13.0 Å². The third-order valence-electron chi connectivity index (χ3n) is 2.29. The smallest absolute Gasteiger partial charge is 0.282 e. The molecule has 1 unspecified atom stereocenters. The molecule has 72 valence electrons. The summed E-state index contributed by atoms with van der Waals surface area (Å²) in [6, 6.07) is 0. The molecule has 0 saturated heterocycles. The van der Waals surface area contributed by atoms with E-state index in [9.17, 15) is 8.42 Å². The highest BCUT2D eigenvalue weighted by molar-refractivity contribution is 7.89. The fourth-order valence-electron chi connectivity index (χ4n) is 0.857. The summed E-state index contributed by atoms with van der Waals surface area (Å²) in [6.45, 7) is 7.07. The van der Waals surface area contributed by atoms with Gasteiger partial charge in [-0.15, -0.1) is 0 Å². The lowest BCUT2D eigenvalue weighted by Gasteiger charge is -2.11. The largest absolute Gasteiger partial charge is 0.290 e. The Balaban J connectivity index is 4.95. The molecule has 0 fully saturated rings. The van der Waals surface area contributed by atoms with E-state index in [0.717, 1.165) is 12.0 Å². The predicted molar refractivity (Wildman–Crippen MR) is 49.4 cm³/mol. The quantitative estimate of drug-likeness (QED) is 0.697. The van der Waals surface area contributed by atoms with Gasteiger partial charge in [0.05, 0.1) is 4.91 Å². The topological polar surface area (TPSA) is 54.4 Å². The van der Waals surface area contributed by atoms with Crippen molar-refractivity contribution in [2.75, 3.05) is 0 Å². The van der Waals surface area contributed by atoms with E-state index in [4.69, 9.17) is 4.55 Å². The standard InChI is InChI=1S/C8H16O3S/c1-5-6(2)7(3)8(4)12(9,10)11/h6H,5H2,1-4H3,(H,9,10,11)/b8-7+. The van der Waals surface area contributed by atoms with Crippen LogP contribution < -0.4 is 0 Å². The SMILES string of the molecule is CCC(C)/C(C)=C(\C)S(=O)(=O)O. The van der Waals surface area contributed by atoms with Gasteiger partial charge in [0.15, 0.2) is 0 Å². The van der Waals surface area contributed by atoms with Crippen molar-refractivity contribution in [1.29, 1.82) is 0 Å². The van der Waals surface area contributed by atoms with E-state index in [0.29, 0.717) is 0 Å². The zero-order valence-electron chi connectivity index (χ0n) is 7.96. The minimum Gasteiger partial charge on any atom is -0.282 e. The van der Waals surface area contributed by atoms with Crippen LogP contribution in [0.2, 0.25) is 0 Å². The molecule has 12 heavy (non-hydrogen) atoms. The molecular weight excluding hydrogens is 176 g/mol. The van der Waals surface area contributed by atoms with E-state index >= 15 is 0 Å². The molecule has 0 aromatic rings. The molecule has 0 amide bonds. The molecular formula is C8H16O3S. The molecule has 0 radical (unpaired) electrons. The molecule has 0 heterocycles. The van der Waals surface area contributed by atoms with Crippen LogP contribution in [0.15, 0.2) is 10.5 Å². The molecule has 0 aliphatic rings. The van der Waals surface area contributed by atoms with Gasteiger partial charge in [-0.25, -0.2) is 0 Å². The Morgan fingerprint density at radius 3 is 2.08 bits per heavy atom. The van der Waals surface area contributed by atoms with Crippen LogP contribution in [0.4, 0.5) is 0 Å². The van der Waals surface area contributed by atoms with Gasteiger partial charge in [-0.2, -0.15) is 8.42 Å². The van der Waals surface area contributed by atoms with Gasteiger partial charge in [0.25, 0.3) is 10.1 Å². The second-order valence-corrected chi connectivity index (χ2v) is 4.59. The van der Waals surface area contributed by atoms with Crippen LogP contribution in [0.25, 0.3) is 0 Å². The maximum absolute atomic E-state index is 10.7. The summed E-state index contributed by atoms with van der Waals surface area (Å²) in [5.41, 5.74) is 0.736. The Morgan fingerprint density at radius 2 is 1.83 bits per heavy atom. The van der Waals surface area contributed by atoms with Crippen LogP contribution in [0.1, 0.15) is 34.1 Å². The third-order valence-corrected chi connectivity index (χ3v) is 3.39. The molecule has 0 saturated carbocycles. The minimum absolute atomic E-state index is 0.0804. The summed E-state index contributed by atoms with van der Waals surface area (Å²) >= 11 is 0. The Kier molecular flexibility index (Phi) is 3.93. The molecule has 0 rings (SSSR count). The highest BCUT2D eigenvalue weighted by Crippen LogP contribution is 2.20. The van der Waals surface area contributed by atoms with Crippen LogP contribution in [0, 0.1) is 5.92 Å². The summed E-state index contributed by atoms with van der Waals surface area (Å²) in [5, 5.41) is 0. The van der Waals surface area contributed by atoms with Crippen molar-refractivity contribution in [3.05, 3.63) is 10.5 Å². The molecule has 0 bridgehead atoms. The van der Waals surface area contributed by atoms with Crippen molar-refractivity contribution >= 4 is 10.1 Å². The first-order chi connectivity index (χ1) is 5.30. The van der Waals surface area contributed by atoms with Crippen molar-refractivity contribution in [2.45, 2.75) is 34.1 Å². The number of allylic oxidation sites excluding steroid dienone is 2. The van der Waals surface area contributed by atoms with Gasteiger partial charge in [-0.05, 0) is 26.2 Å². The monoisotopic (exact) mass is 192 g/mol. The van der Waals surface area contributed by atoms with E-state index in [1.54, 1.807) is 6.92 Å². The zero-order chi connectivity index (χ0) is 9.94.